The van der Waals surface area contributed by atoms with Crippen LogP contribution in [0.4, 0.5) is 5.69 Å². The van der Waals surface area contributed by atoms with Crippen LogP contribution in [0.3, 0.4) is 0 Å². The normalized spacial score (nSPS) is 10.4. The molecule has 4 nitrogen and oxygen atoms in total. The number of anilines is 1. The van der Waals surface area contributed by atoms with Crippen LogP contribution in [-0.2, 0) is 0 Å². The molecule has 0 spiro atoms. The first kappa shape index (κ1) is 18.5. The van der Waals surface area contributed by atoms with Crippen molar-refractivity contribution in [3.8, 4) is 11.8 Å². The van der Waals surface area contributed by atoms with Gasteiger partial charge in [0.15, 0.2) is 0 Å². The van der Waals surface area contributed by atoms with Gasteiger partial charge in [-0.25, -0.2) is 0 Å². The van der Waals surface area contributed by atoms with E-state index < -0.39 is 0 Å². The van der Waals surface area contributed by atoms with Crippen molar-refractivity contribution in [2.45, 2.75) is 33.1 Å². The molecule has 2 aromatic rings. The lowest BCUT2D eigenvalue weighted by atomic mass is 10.0. The molecule has 1 amide bonds. The second kappa shape index (κ2) is 8.89. The van der Waals surface area contributed by atoms with Crippen molar-refractivity contribution in [3.63, 3.8) is 0 Å². The number of nitriles is 1. The molecule has 2 rings (SSSR count). The molecule has 0 aliphatic carbocycles. The fraction of sp³-hybridized carbons (Fsp3) is 0.333. The summed E-state index contributed by atoms with van der Waals surface area (Å²) in [7, 11) is 0. The van der Waals surface area contributed by atoms with Gasteiger partial charge in [0.2, 0.25) is 0 Å². The maximum Gasteiger partial charge on any atom is 0.258 e. The summed E-state index contributed by atoms with van der Waals surface area (Å²) in [5.41, 5.74) is 2.58. The monoisotopic (exact) mass is 336 g/mol. The zero-order chi connectivity index (χ0) is 18.2. The zero-order valence-electron chi connectivity index (χ0n) is 15.0. The standard InChI is InChI=1S/C21H24N2O2/c1-4-25-20-12-10-19(11-13-20)23(15-5-14-22)21(24)18-8-6-17(7-9-18)16(2)3/h6-13,16H,4-5,15H2,1-3H3. The van der Waals surface area contributed by atoms with E-state index in [1.54, 1.807) is 4.90 Å². The van der Waals surface area contributed by atoms with E-state index >= 15 is 0 Å². The third-order valence-electron chi connectivity index (χ3n) is 3.98. The number of ether oxygens (including phenoxy) is 1. The molecule has 0 heterocycles. The van der Waals surface area contributed by atoms with Crippen molar-refractivity contribution < 1.29 is 9.53 Å². The van der Waals surface area contributed by atoms with Gasteiger partial charge < -0.3 is 9.64 Å². The average Bonchev–Trinajstić information content (AvgIpc) is 2.63. The number of rotatable bonds is 7. The Kier molecular flexibility index (Phi) is 6.59. The van der Waals surface area contributed by atoms with Gasteiger partial charge in [0.1, 0.15) is 5.75 Å². The number of hydrogen-bond acceptors (Lipinski definition) is 3. The van der Waals surface area contributed by atoms with Crippen molar-refractivity contribution in [3.05, 3.63) is 59.7 Å². The summed E-state index contributed by atoms with van der Waals surface area (Å²) in [6.45, 7) is 7.12. The molecule has 0 saturated carbocycles. The molecular weight excluding hydrogens is 312 g/mol. The molecule has 25 heavy (non-hydrogen) atoms. The maximum absolute atomic E-state index is 12.9. The van der Waals surface area contributed by atoms with Crippen LogP contribution in [0.5, 0.6) is 5.75 Å². The molecule has 0 unspecified atom stereocenters. The fourth-order valence-corrected chi connectivity index (χ4v) is 2.57. The van der Waals surface area contributed by atoms with E-state index in [9.17, 15) is 4.79 Å². The number of amides is 1. The maximum atomic E-state index is 12.9. The lowest BCUT2D eigenvalue weighted by molar-refractivity contribution is 0.0987. The smallest absolute Gasteiger partial charge is 0.258 e. The van der Waals surface area contributed by atoms with Crippen molar-refractivity contribution >= 4 is 11.6 Å². The number of carbonyl (C=O) groups is 1. The number of benzene rings is 2. The average molecular weight is 336 g/mol. The first-order valence-corrected chi connectivity index (χ1v) is 8.58. The summed E-state index contributed by atoms with van der Waals surface area (Å²) in [4.78, 5) is 14.6. The van der Waals surface area contributed by atoms with E-state index in [4.69, 9.17) is 10.00 Å². The van der Waals surface area contributed by atoms with Crippen LogP contribution >= 0.6 is 0 Å². The first-order chi connectivity index (χ1) is 12.1. The minimum atomic E-state index is -0.102. The van der Waals surface area contributed by atoms with Crippen LogP contribution in [0, 0.1) is 11.3 Å². The highest BCUT2D eigenvalue weighted by Gasteiger charge is 2.18. The van der Waals surface area contributed by atoms with Gasteiger partial charge in [-0.05, 0) is 54.8 Å². The van der Waals surface area contributed by atoms with Crippen molar-refractivity contribution in [1.82, 2.24) is 0 Å². The summed E-state index contributed by atoms with van der Waals surface area (Å²) in [5, 5.41) is 8.92. The Bertz CT molecular complexity index is 728. The van der Waals surface area contributed by atoms with Gasteiger partial charge >= 0.3 is 0 Å². The summed E-state index contributed by atoms with van der Waals surface area (Å²) < 4.78 is 5.45. The largest absolute Gasteiger partial charge is 0.494 e. The van der Waals surface area contributed by atoms with Crippen LogP contribution in [0.15, 0.2) is 48.5 Å². The van der Waals surface area contributed by atoms with E-state index in [2.05, 4.69) is 19.9 Å². The topological polar surface area (TPSA) is 53.3 Å². The second-order valence-corrected chi connectivity index (χ2v) is 6.07. The van der Waals surface area contributed by atoms with E-state index in [0.29, 0.717) is 24.6 Å². The summed E-state index contributed by atoms with van der Waals surface area (Å²) in [5.74, 6) is 1.08. The Morgan fingerprint density at radius 1 is 1.12 bits per heavy atom. The Labute approximate surface area is 149 Å². The molecule has 130 valence electrons. The molecule has 0 N–H and O–H groups in total. The molecule has 0 atom stereocenters. The Morgan fingerprint density at radius 3 is 2.28 bits per heavy atom. The highest BCUT2D eigenvalue weighted by Crippen LogP contribution is 2.23. The Balaban J connectivity index is 2.26. The van der Waals surface area contributed by atoms with Gasteiger partial charge in [-0.15, -0.1) is 0 Å². The van der Waals surface area contributed by atoms with Crippen LogP contribution in [0.25, 0.3) is 0 Å². The van der Waals surface area contributed by atoms with Gasteiger partial charge in [0, 0.05) is 17.8 Å². The summed E-state index contributed by atoms with van der Waals surface area (Å²) in [6.07, 6.45) is 0.281. The molecule has 0 aliphatic heterocycles. The molecule has 0 radical (unpaired) electrons. The van der Waals surface area contributed by atoms with Gasteiger partial charge in [-0.2, -0.15) is 5.26 Å². The van der Waals surface area contributed by atoms with Gasteiger partial charge in [0.05, 0.1) is 19.1 Å². The molecule has 0 aromatic heterocycles. The Hall–Kier alpha value is -2.80. The van der Waals surface area contributed by atoms with E-state index in [1.807, 2.05) is 55.5 Å². The second-order valence-electron chi connectivity index (χ2n) is 6.07. The lowest BCUT2D eigenvalue weighted by Gasteiger charge is -2.22. The van der Waals surface area contributed by atoms with Crippen molar-refractivity contribution in [1.29, 1.82) is 5.26 Å². The van der Waals surface area contributed by atoms with Gasteiger partial charge in [0.25, 0.3) is 5.91 Å². The number of carbonyl (C=O) groups excluding carboxylic acids is 1. The molecule has 0 bridgehead atoms. The van der Waals surface area contributed by atoms with Gasteiger partial charge in [-0.3, -0.25) is 4.79 Å². The fourth-order valence-electron chi connectivity index (χ4n) is 2.57. The highest BCUT2D eigenvalue weighted by molar-refractivity contribution is 6.06. The molecular formula is C21H24N2O2. The third-order valence-corrected chi connectivity index (χ3v) is 3.98. The molecule has 0 fully saturated rings. The van der Waals surface area contributed by atoms with Crippen LogP contribution in [0.1, 0.15) is 49.0 Å². The van der Waals surface area contributed by atoms with Crippen molar-refractivity contribution in [2.24, 2.45) is 0 Å². The first-order valence-electron chi connectivity index (χ1n) is 8.58. The SMILES string of the molecule is CCOc1ccc(N(CCC#N)C(=O)c2ccc(C(C)C)cc2)cc1. The summed E-state index contributed by atoms with van der Waals surface area (Å²) in [6, 6.07) is 17.2. The van der Waals surface area contributed by atoms with Gasteiger partial charge in [-0.1, -0.05) is 26.0 Å². The van der Waals surface area contributed by atoms with Crippen molar-refractivity contribution in [2.75, 3.05) is 18.1 Å². The van der Waals surface area contributed by atoms with E-state index in [1.165, 1.54) is 5.56 Å². The molecule has 0 saturated heterocycles. The number of hydrogen-bond donors (Lipinski definition) is 0. The van der Waals surface area contributed by atoms with E-state index in [0.717, 1.165) is 11.4 Å². The lowest BCUT2D eigenvalue weighted by Crippen LogP contribution is -2.31. The Morgan fingerprint density at radius 2 is 1.76 bits per heavy atom. The molecule has 2 aromatic carbocycles. The minimum absolute atomic E-state index is 0.102. The predicted molar refractivity (Wildman–Crippen MR) is 100 cm³/mol. The predicted octanol–water partition coefficient (Wildman–Crippen LogP) is 4.77. The van der Waals surface area contributed by atoms with E-state index in [-0.39, 0.29) is 12.3 Å². The summed E-state index contributed by atoms with van der Waals surface area (Å²) >= 11 is 0. The van der Waals surface area contributed by atoms with Crippen LogP contribution in [-0.4, -0.2) is 19.1 Å². The third kappa shape index (κ3) is 4.84. The van der Waals surface area contributed by atoms with Crippen LogP contribution < -0.4 is 9.64 Å². The zero-order valence-corrected chi connectivity index (χ0v) is 15.0. The number of nitrogens with zero attached hydrogens (tertiary/aromatic N) is 2. The molecule has 4 heteroatoms. The molecule has 0 aliphatic rings. The highest BCUT2D eigenvalue weighted by atomic mass is 16.5. The quantitative estimate of drug-likeness (QED) is 0.732. The van der Waals surface area contributed by atoms with Crippen LogP contribution in [0.2, 0.25) is 0 Å². The minimum Gasteiger partial charge on any atom is -0.494 e.